The lowest BCUT2D eigenvalue weighted by Gasteiger charge is -2.15. The number of hydrogen-bond donors (Lipinski definition) is 2. The van der Waals surface area contributed by atoms with Crippen molar-refractivity contribution >= 4 is 18.0 Å². The number of carbonyl (C=O) groups is 2. The van der Waals surface area contributed by atoms with Gasteiger partial charge in [0.15, 0.2) is 0 Å². The average molecular weight is 287 g/mol. The third-order valence-electron chi connectivity index (χ3n) is 3.69. The van der Waals surface area contributed by atoms with Crippen LogP contribution in [0.5, 0.6) is 0 Å². The van der Waals surface area contributed by atoms with Crippen LogP contribution in [0.2, 0.25) is 0 Å². The van der Waals surface area contributed by atoms with Crippen LogP contribution in [0.3, 0.4) is 0 Å². The topological polar surface area (TPSA) is 66.4 Å². The molecule has 1 aliphatic rings. The normalized spacial score (nSPS) is 15.9. The second-order valence-corrected chi connectivity index (χ2v) is 5.80. The zero-order valence-electron chi connectivity index (χ0n) is 12.4. The highest BCUT2D eigenvalue weighted by Crippen LogP contribution is 2.33. The van der Waals surface area contributed by atoms with Gasteiger partial charge in [-0.2, -0.15) is 0 Å². The summed E-state index contributed by atoms with van der Waals surface area (Å²) in [6, 6.07) is 5.54. The molecule has 1 aromatic carbocycles. The maximum Gasteiger partial charge on any atom is 0.328 e. The molecule has 1 aliphatic carbocycles. The van der Waals surface area contributed by atoms with E-state index in [1.807, 2.05) is 19.9 Å². The molecule has 1 saturated carbocycles. The fourth-order valence-electron chi connectivity index (χ4n) is 2.37. The van der Waals surface area contributed by atoms with E-state index in [1.54, 1.807) is 12.1 Å². The van der Waals surface area contributed by atoms with Gasteiger partial charge in [0.25, 0.3) is 5.91 Å². The van der Waals surface area contributed by atoms with E-state index in [0.717, 1.165) is 24.0 Å². The summed E-state index contributed by atoms with van der Waals surface area (Å²) < 4.78 is 0. The summed E-state index contributed by atoms with van der Waals surface area (Å²) in [6.45, 7) is 3.91. The van der Waals surface area contributed by atoms with Crippen LogP contribution in [0, 0.1) is 12.8 Å². The number of amides is 1. The van der Waals surface area contributed by atoms with Crippen LogP contribution >= 0.6 is 0 Å². The molecule has 4 nitrogen and oxygen atoms in total. The third kappa shape index (κ3) is 4.74. The first-order valence-corrected chi connectivity index (χ1v) is 7.28. The molecular weight excluding hydrogens is 266 g/mol. The Labute approximate surface area is 124 Å². The number of hydrogen-bond acceptors (Lipinski definition) is 2. The minimum Gasteiger partial charge on any atom is -0.478 e. The smallest absolute Gasteiger partial charge is 0.328 e. The molecule has 0 spiro atoms. The van der Waals surface area contributed by atoms with Crippen molar-refractivity contribution in [3.05, 3.63) is 41.0 Å². The molecule has 21 heavy (non-hydrogen) atoms. The molecule has 1 unspecified atom stereocenters. The molecule has 0 aliphatic heterocycles. The number of carboxylic acids is 1. The molecule has 1 amide bonds. The summed E-state index contributed by atoms with van der Waals surface area (Å²) >= 11 is 0. The molecule has 0 bridgehead atoms. The molecule has 112 valence electrons. The Bertz CT molecular complexity index is 573. The van der Waals surface area contributed by atoms with Crippen molar-refractivity contribution in [3.8, 4) is 0 Å². The molecule has 2 rings (SSSR count). The lowest BCUT2D eigenvalue weighted by Crippen LogP contribution is -2.33. The van der Waals surface area contributed by atoms with Crippen LogP contribution < -0.4 is 5.32 Å². The molecule has 0 aromatic heterocycles. The van der Waals surface area contributed by atoms with Crippen molar-refractivity contribution in [1.82, 2.24) is 5.32 Å². The average Bonchev–Trinajstić information content (AvgIpc) is 3.21. The van der Waals surface area contributed by atoms with Crippen LogP contribution in [0.15, 0.2) is 24.3 Å². The lowest BCUT2D eigenvalue weighted by atomic mass is 10.0. The van der Waals surface area contributed by atoms with Crippen molar-refractivity contribution in [2.75, 3.05) is 0 Å². The standard InChI is InChI=1S/C17H21NO3/c1-11-3-4-14(7-8-16(19)20)10-15(11)17(21)18-12(2)9-13-5-6-13/h3-4,7-8,10,12-13H,5-6,9H2,1-2H3,(H,18,21)(H,19,20). The number of nitrogens with one attached hydrogen (secondary N) is 1. The van der Waals surface area contributed by atoms with Crippen LogP contribution in [0.4, 0.5) is 0 Å². The van der Waals surface area contributed by atoms with Crippen LogP contribution in [-0.4, -0.2) is 23.0 Å². The first kappa shape index (κ1) is 15.3. The first-order valence-electron chi connectivity index (χ1n) is 7.28. The Hall–Kier alpha value is -2.10. The van der Waals surface area contributed by atoms with Gasteiger partial charge in [0.2, 0.25) is 0 Å². The van der Waals surface area contributed by atoms with Gasteiger partial charge in [-0.05, 0) is 49.5 Å². The Morgan fingerprint density at radius 3 is 2.76 bits per heavy atom. The number of rotatable bonds is 6. The maximum absolute atomic E-state index is 12.3. The van der Waals surface area contributed by atoms with Gasteiger partial charge in [-0.3, -0.25) is 4.79 Å². The molecule has 0 radical (unpaired) electrons. The highest BCUT2D eigenvalue weighted by atomic mass is 16.4. The summed E-state index contributed by atoms with van der Waals surface area (Å²) in [5.74, 6) is -0.322. The van der Waals surface area contributed by atoms with Gasteiger partial charge >= 0.3 is 5.97 Å². The van der Waals surface area contributed by atoms with Crippen LogP contribution in [0.1, 0.15) is 47.7 Å². The van der Waals surface area contributed by atoms with Gasteiger partial charge in [-0.1, -0.05) is 25.0 Å². The zero-order valence-corrected chi connectivity index (χ0v) is 12.4. The van der Waals surface area contributed by atoms with Gasteiger partial charge in [0, 0.05) is 17.7 Å². The van der Waals surface area contributed by atoms with Gasteiger partial charge in [-0.15, -0.1) is 0 Å². The second kappa shape index (κ2) is 6.57. The second-order valence-electron chi connectivity index (χ2n) is 5.80. The van der Waals surface area contributed by atoms with E-state index in [-0.39, 0.29) is 11.9 Å². The van der Waals surface area contributed by atoms with Crippen LogP contribution in [-0.2, 0) is 4.79 Å². The molecular formula is C17H21NO3. The van der Waals surface area contributed by atoms with E-state index in [1.165, 1.54) is 18.9 Å². The van der Waals surface area contributed by atoms with E-state index in [9.17, 15) is 9.59 Å². The van der Waals surface area contributed by atoms with Crippen molar-refractivity contribution in [2.45, 2.75) is 39.2 Å². The minimum absolute atomic E-state index is 0.0915. The van der Waals surface area contributed by atoms with Crippen LogP contribution in [0.25, 0.3) is 6.08 Å². The molecule has 0 heterocycles. The van der Waals surface area contributed by atoms with Crippen molar-refractivity contribution < 1.29 is 14.7 Å². The molecule has 1 atom stereocenters. The fraction of sp³-hybridized carbons (Fsp3) is 0.412. The van der Waals surface area contributed by atoms with Gasteiger partial charge in [0.05, 0.1) is 0 Å². The molecule has 1 aromatic rings. The SMILES string of the molecule is Cc1ccc(C=CC(=O)O)cc1C(=O)NC(C)CC1CC1. The summed E-state index contributed by atoms with van der Waals surface area (Å²) in [5.41, 5.74) is 2.20. The fourth-order valence-corrected chi connectivity index (χ4v) is 2.37. The summed E-state index contributed by atoms with van der Waals surface area (Å²) in [7, 11) is 0. The first-order chi connectivity index (χ1) is 9.95. The predicted octanol–water partition coefficient (Wildman–Crippen LogP) is 3.01. The quantitative estimate of drug-likeness (QED) is 0.790. The Kier molecular flexibility index (Phi) is 4.78. The number of aryl methyl sites for hydroxylation is 1. The predicted molar refractivity (Wildman–Crippen MR) is 82.1 cm³/mol. The minimum atomic E-state index is -1.00. The molecule has 4 heteroatoms. The van der Waals surface area contributed by atoms with Gasteiger partial charge in [-0.25, -0.2) is 4.79 Å². The van der Waals surface area contributed by atoms with Gasteiger partial charge in [0.1, 0.15) is 0 Å². The summed E-state index contributed by atoms with van der Waals surface area (Å²) in [6.07, 6.45) is 6.14. The summed E-state index contributed by atoms with van der Waals surface area (Å²) in [4.78, 5) is 22.9. The lowest BCUT2D eigenvalue weighted by molar-refractivity contribution is -0.131. The number of benzene rings is 1. The van der Waals surface area contributed by atoms with E-state index in [0.29, 0.717) is 11.1 Å². The van der Waals surface area contributed by atoms with Gasteiger partial charge < -0.3 is 10.4 Å². The van der Waals surface area contributed by atoms with E-state index in [2.05, 4.69) is 5.32 Å². The highest BCUT2D eigenvalue weighted by Gasteiger charge is 2.24. The van der Waals surface area contributed by atoms with E-state index >= 15 is 0 Å². The zero-order chi connectivity index (χ0) is 15.4. The maximum atomic E-state index is 12.3. The monoisotopic (exact) mass is 287 g/mol. The highest BCUT2D eigenvalue weighted by molar-refractivity contribution is 5.96. The largest absolute Gasteiger partial charge is 0.478 e. The van der Waals surface area contributed by atoms with Crippen molar-refractivity contribution in [1.29, 1.82) is 0 Å². The Balaban J connectivity index is 2.07. The summed E-state index contributed by atoms with van der Waals surface area (Å²) in [5, 5.41) is 11.7. The number of carbonyl (C=O) groups excluding carboxylic acids is 1. The van der Waals surface area contributed by atoms with Crippen molar-refractivity contribution in [2.24, 2.45) is 5.92 Å². The number of carboxylic acid groups (broad SMARTS) is 1. The Morgan fingerprint density at radius 1 is 1.43 bits per heavy atom. The van der Waals surface area contributed by atoms with E-state index < -0.39 is 5.97 Å². The third-order valence-corrected chi connectivity index (χ3v) is 3.69. The number of aliphatic carboxylic acids is 1. The Morgan fingerprint density at radius 2 is 2.14 bits per heavy atom. The molecule has 2 N–H and O–H groups in total. The van der Waals surface area contributed by atoms with E-state index in [4.69, 9.17) is 5.11 Å². The van der Waals surface area contributed by atoms with Crippen molar-refractivity contribution in [3.63, 3.8) is 0 Å². The molecule has 0 saturated heterocycles. The molecule has 1 fully saturated rings.